The third-order valence-corrected chi connectivity index (χ3v) is 7.19. The summed E-state index contributed by atoms with van der Waals surface area (Å²) in [4.78, 5) is 11.2. The van der Waals surface area contributed by atoms with Crippen LogP contribution in [0.3, 0.4) is 0 Å². The Balaban J connectivity index is 1.22. The second-order valence-corrected chi connectivity index (χ2v) is 9.47. The van der Waals surface area contributed by atoms with E-state index in [-0.39, 0.29) is 0 Å². The minimum absolute atomic E-state index is 0.575. The zero-order chi connectivity index (χ0) is 25.8. The number of pyridine rings is 1. The Bertz CT molecular complexity index is 1930. The largest absolute Gasteiger partial charge is 0.453 e. The Morgan fingerprint density at radius 1 is 0.564 bits per heavy atom. The number of hydrogen-bond donors (Lipinski definition) is 0. The smallest absolute Gasteiger partial charge is 0.229 e. The molecule has 0 atom stereocenters. The third-order valence-electron chi connectivity index (χ3n) is 7.19. The zero-order valence-electron chi connectivity index (χ0n) is 20.8. The molecule has 39 heavy (non-hydrogen) atoms. The van der Waals surface area contributed by atoms with E-state index in [0.717, 1.165) is 56.0 Å². The van der Waals surface area contributed by atoms with Gasteiger partial charge in [0.05, 0.1) is 11.4 Å². The highest BCUT2D eigenvalue weighted by atomic mass is 16.5. The summed E-state index contributed by atoms with van der Waals surface area (Å²) < 4.78 is 12.2. The predicted molar refractivity (Wildman–Crippen MR) is 155 cm³/mol. The summed E-state index contributed by atoms with van der Waals surface area (Å²) >= 11 is 0. The lowest BCUT2D eigenvalue weighted by atomic mass is 9.94. The van der Waals surface area contributed by atoms with E-state index in [1.807, 2.05) is 54.6 Å². The SMILES string of the molecule is c1ccc2c(c1)Oc1ccccc1N2c1ccc(-c2ccc(-c3nc4ncccc4o3)c3ccccc23)cc1. The van der Waals surface area contributed by atoms with E-state index in [2.05, 4.69) is 81.6 Å². The van der Waals surface area contributed by atoms with Crippen LogP contribution in [0.5, 0.6) is 11.5 Å². The van der Waals surface area contributed by atoms with E-state index in [0.29, 0.717) is 17.1 Å². The molecule has 0 unspecified atom stereocenters. The van der Waals surface area contributed by atoms with Crippen molar-refractivity contribution in [3.05, 3.63) is 128 Å². The number of rotatable bonds is 3. The van der Waals surface area contributed by atoms with E-state index < -0.39 is 0 Å². The van der Waals surface area contributed by atoms with Crippen LogP contribution < -0.4 is 9.64 Å². The van der Waals surface area contributed by atoms with Gasteiger partial charge in [-0.25, -0.2) is 4.98 Å². The average Bonchev–Trinajstić information content (AvgIpc) is 3.44. The van der Waals surface area contributed by atoms with E-state index >= 15 is 0 Å². The molecule has 0 aliphatic carbocycles. The van der Waals surface area contributed by atoms with E-state index in [1.165, 1.54) is 0 Å². The van der Waals surface area contributed by atoms with Gasteiger partial charge in [0.25, 0.3) is 0 Å². The van der Waals surface area contributed by atoms with E-state index in [9.17, 15) is 0 Å². The number of oxazole rings is 1. The molecule has 184 valence electrons. The molecule has 5 nitrogen and oxygen atoms in total. The number of ether oxygens (including phenoxy) is 1. The Morgan fingerprint density at radius 3 is 1.92 bits per heavy atom. The summed E-state index contributed by atoms with van der Waals surface area (Å²) in [6.07, 6.45) is 1.73. The maximum Gasteiger partial charge on any atom is 0.229 e. The van der Waals surface area contributed by atoms with Gasteiger partial charge in [0.15, 0.2) is 22.7 Å². The fourth-order valence-corrected chi connectivity index (χ4v) is 5.39. The summed E-state index contributed by atoms with van der Waals surface area (Å²) in [7, 11) is 0. The van der Waals surface area contributed by atoms with Crippen molar-refractivity contribution in [3.8, 4) is 34.1 Å². The van der Waals surface area contributed by atoms with Crippen LogP contribution in [0, 0.1) is 0 Å². The van der Waals surface area contributed by atoms with Crippen LogP contribution in [0.4, 0.5) is 17.1 Å². The quantitative estimate of drug-likeness (QED) is 0.240. The molecule has 0 fully saturated rings. The van der Waals surface area contributed by atoms with Gasteiger partial charge in [-0.15, -0.1) is 0 Å². The number of hydrogen-bond acceptors (Lipinski definition) is 5. The fourth-order valence-electron chi connectivity index (χ4n) is 5.39. The first-order valence-electron chi connectivity index (χ1n) is 12.8. The first kappa shape index (κ1) is 21.6. The van der Waals surface area contributed by atoms with Gasteiger partial charge in [0, 0.05) is 17.4 Å². The van der Waals surface area contributed by atoms with Crippen molar-refractivity contribution < 1.29 is 9.15 Å². The molecular formula is C34H21N3O2. The molecule has 0 saturated heterocycles. The molecule has 2 aromatic heterocycles. The summed E-state index contributed by atoms with van der Waals surface area (Å²) in [5.74, 6) is 2.26. The molecule has 7 aromatic rings. The van der Waals surface area contributed by atoms with Gasteiger partial charge in [0.2, 0.25) is 5.89 Å². The average molecular weight is 504 g/mol. The molecule has 3 heterocycles. The summed E-state index contributed by atoms with van der Waals surface area (Å²) in [5.41, 5.74) is 7.64. The number of aromatic nitrogens is 2. The van der Waals surface area contributed by atoms with Gasteiger partial charge < -0.3 is 14.1 Å². The standard InChI is InChI=1S/C34H21N3O2/c1-2-9-26-25(8-1)24(19-20-27(26)34-36-33-32(39-34)14-7-21-35-33)22-15-17-23(18-16-22)37-28-10-3-5-12-30(28)38-31-13-6-4-11-29(31)37/h1-21H. The molecule has 0 bridgehead atoms. The minimum Gasteiger partial charge on any atom is -0.453 e. The molecule has 1 aliphatic heterocycles. The number of nitrogens with zero attached hydrogens (tertiary/aromatic N) is 3. The number of fused-ring (bicyclic) bond motifs is 4. The molecule has 8 rings (SSSR count). The van der Waals surface area contributed by atoms with Gasteiger partial charge in [-0.2, -0.15) is 4.98 Å². The van der Waals surface area contributed by atoms with Crippen molar-refractivity contribution in [2.75, 3.05) is 4.90 Å². The number of benzene rings is 5. The van der Waals surface area contributed by atoms with Crippen molar-refractivity contribution in [2.45, 2.75) is 0 Å². The lowest BCUT2D eigenvalue weighted by Gasteiger charge is -2.32. The van der Waals surface area contributed by atoms with Crippen LogP contribution in [0.25, 0.3) is 44.6 Å². The van der Waals surface area contributed by atoms with Crippen LogP contribution in [-0.2, 0) is 0 Å². The minimum atomic E-state index is 0.575. The van der Waals surface area contributed by atoms with Crippen molar-refractivity contribution in [1.82, 2.24) is 9.97 Å². The van der Waals surface area contributed by atoms with Crippen LogP contribution >= 0.6 is 0 Å². The Morgan fingerprint density at radius 2 is 1.21 bits per heavy atom. The normalized spacial score (nSPS) is 12.3. The second kappa shape index (κ2) is 8.57. The van der Waals surface area contributed by atoms with Crippen LogP contribution in [0.15, 0.2) is 132 Å². The first-order chi connectivity index (χ1) is 19.3. The lowest BCUT2D eigenvalue weighted by molar-refractivity contribution is 0.477. The Kier molecular flexibility index (Phi) is 4.76. The molecule has 5 aromatic carbocycles. The first-order valence-corrected chi connectivity index (χ1v) is 12.8. The third kappa shape index (κ3) is 3.48. The van der Waals surface area contributed by atoms with Crippen LogP contribution in [0.1, 0.15) is 0 Å². The van der Waals surface area contributed by atoms with Crippen molar-refractivity contribution in [1.29, 1.82) is 0 Å². The van der Waals surface area contributed by atoms with Crippen molar-refractivity contribution >= 4 is 39.1 Å². The van der Waals surface area contributed by atoms with Gasteiger partial charge >= 0.3 is 0 Å². The maximum atomic E-state index is 6.18. The summed E-state index contributed by atoms with van der Waals surface area (Å²) in [6, 6.07) is 41.3. The topological polar surface area (TPSA) is 51.4 Å². The van der Waals surface area contributed by atoms with Crippen molar-refractivity contribution in [2.24, 2.45) is 0 Å². The molecule has 1 aliphatic rings. The summed E-state index contributed by atoms with van der Waals surface area (Å²) in [6.45, 7) is 0. The molecule has 0 saturated carbocycles. The molecule has 0 radical (unpaired) electrons. The van der Waals surface area contributed by atoms with Gasteiger partial charge in [-0.1, -0.05) is 66.7 Å². The van der Waals surface area contributed by atoms with Crippen LogP contribution in [-0.4, -0.2) is 9.97 Å². The predicted octanol–water partition coefficient (Wildman–Crippen LogP) is 9.29. The Labute approximate surface area is 224 Å². The van der Waals surface area contributed by atoms with E-state index in [1.54, 1.807) is 6.20 Å². The highest BCUT2D eigenvalue weighted by Crippen LogP contribution is 2.50. The highest BCUT2D eigenvalue weighted by Gasteiger charge is 2.25. The van der Waals surface area contributed by atoms with Crippen molar-refractivity contribution in [3.63, 3.8) is 0 Å². The summed E-state index contributed by atoms with van der Waals surface area (Å²) in [5, 5.41) is 2.22. The van der Waals surface area contributed by atoms with Crippen LogP contribution in [0.2, 0.25) is 0 Å². The monoisotopic (exact) mass is 503 g/mol. The highest BCUT2D eigenvalue weighted by molar-refractivity contribution is 6.04. The lowest BCUT2D eigenvalue weighted by Crippen LogP contribution is -2.15. The van der Waals surface area contributed by atoms with Gasteiger partial charge in [0.1, 0.15) is 0 Å². The zero-order valence-corrected chi connectivity index (χ0v) is 20.8. The maximum absolute atomic E-state index is 6.18. The number of para-hydroxylation sites is 4. The second-order valence-electron chi connectivity index (χ2n) is 9.47. The van der Waals surface area contributed by atoms with Gasteiger partial charge in [-0.3, -0.25) is 0 Å². The molecule has 5 heteroatoms. The molecule has 0 spiro atoms. The molecule has 0 N–H and O–H groups in total. The fraction of sp³-hybridized carbons (Fsp3) is 0. The molecular weight excluding hydrogens is 482 g/mol. The molecule has 0 amide bonds. The van der Waals surface area contributed by atoms with Gasteiger partial charge in [-0.05, 0) is 76.5 Å². The van der Waals surface area contributed by atoms with E-state index in [4.69, 9.17) is 9.15 Å². The Hall–Kier alpha value is -5.42. The number of anilines is 3.